The number of hydrazine groups is 1. The van der Waals surface area contributed by atoms with E-state index in [0.717, 1.165) is 15.2 Å². The van der Waals surface area contributed by atoms with Crippen molar-refractivity contribution in [3.8, 4) is 0 Å². The molecule has 4 nitrogen and oxygen atoms in total. The lowest BCUT2D eigenvalue weighted by molar-refractivity contribution is 0.579. The summed E-state index contributed by atoms with van der Waals surface area (Å²) in [6.07, 6.45) is 0. The smallest absolute Gasteiger partial charge is 0.178 e. The number of halogens is 3. The summed E-state index contributed by atoms with van der Waals surface area (Å²) in [5.41, 5.74) is 3.71. The summed E-state index contributed by atoms with van der Waals surface area (Å²) >= 11 is 2.15. The number of anilines is 3. The van der Waals surface area contributed by atoms with Crippen LogP contribution in [0.3, 0.4) is 0 Å². The van der Waals surface area contributed by atoms with E-state index in [1.165, 1.54) is 0 Å². The average Bonchev–Trinajstić information content (AvgIpc) is 2.37. The second-order valence-corrected chi connectivity index (χ2v) is 5.12. The first-order valence-corrected chi connectivity index (χ1v) is 6.45. The predicted molar refractivity (Wildman–Crippen MR) is 79.1 cm³/mol. The van der Waals surface area contributed by atoms with Gasteiger partial charge in [0, 0.05) is 15.3 Å². The van der Waals surface area contributed by atoms with Crippen molar-refractivity contribution in [3.05, 3.63) is 45.0 Å². The van der Waals surface area contributed by atoms with E-state index in [4.69, 9.17) is 5.84 Å². The Kier molecular flexibility index (Phi) is 4.15. The van der Waals surface area contributed by atoms with Gasteiger partial charge in [0.1, 0.15) is 0 Å². The highest BCUT2D eigenvalue weighted by atomic mass is 127. The Balaban J connectivity index is 2.40. The molecule has 2 aromatic rings. The standard InChI is InChI=1S/C12H11F2IN4/c1-6-2-3-7(15)4-10(6)17-11-8(13)5-9(14)12(18-11)19-16/h2-5H,16H2,1H3,(H2,17,18,19). The van der Waals surface area contributed by atoms with Gasteiger partial charge >= 0.3 is 0 Å². The lowest BCUT2D eigenvalue weighted by Crippen LogP contribution is -2.12. The molecule has 0 aliphatic carbocycles. The van der Waals surface area contributed by atoms with Gasteiger partial charge in [0.2, 0.25) is 0 Å². The van der Waals surface area contributed by atoms with Crippen molar-refractivity contribution in [2.75, 3.05) is 10.7 Å². The zero-order chi connectivity index (χ0) is 14.0. The minimum absolute atomic E-state index is 0.0838. The van der Waals surface area contributed by atoms with E-state index in [9.17, 15) is 8.78 Å². The van der Waals surface area contributed by atoms with Crippen LogP contribution in [0, 0.1) is 22.1 Å². The Morgan fingerprint density at radius 3 is 2.53 bits per heavy atom. The van der Waals surface area contributed by atoms with Gasteiger partial charge in [-0.3, -0.25) is 0 Å². The van der Waals surface area contributed by atoms with Gasteiger partial charge in [-0.1, -0.05) is 6.07 Å². The fourth-order valence-corrected chi connectivity index (χ4v) is 2.00. The van der Waals surface area contributed by atoms with Crippen molar-refractivity contribution in [2.45, 2.75) is 6.92 Å². The number of hydrogen-bond acceptors (Lipinski definition) is 4. The molecule has 0 atom stereocenters. The van der Waals surface area contributed by atoms with Crippen LogP contribution in [0.5, 0.6) is 0 Å². The quantitative estimate of drug-likeness (QED) is 0.437. The number of aryl methyl sites for hydroxylation is 1. The van der Waals surface area contributed by atoms with E-state index >= 15 is 0 Å². The molecule has 1 heterocycles. The maximum absolute atomic E-state index is 13.6. The number of aromatic nitrogens is 1. The molecule has 0 amide bonds. The van der Waals surface area contributed by atoms with Gasteiger partial charge in [0.05, 0.1) is 0 Å². The number of nitrogen functional groups attached to an aromatic ring is 1. The summed E-state index contributed by atoms with van der Waals surface area (Å²) in [7, 11) is 0. The van der Waals surface area contributed by atoms with Gasteiger partial charge in [0.25, 0.3) is 0 Å². The van der Waals surface area contributed by atoms with Crippen molar-refractivity contribution in [3.63, 3.8) is 0 Å². The van der Waals surface area contributed by atoms with E-state index in [1.54, 1.807) is 0 Å². The number of nitrogens with zero attached hydrogens (tertiary/aromatic N) is 1. The van der Waals surface area contributed by atoms with Gasteiger partial charge in [-0.25, -0.2) is 19.6 Å². The van der Waals surface area contributed by atoms with Crippen molar-refractivity contribution in [1.29, 1.82) is 0 Å². The van der Waals surface area contributed by atoms with Crippen molar-refractivity contribution in [2.24, 2.45) is 5.84 Å². The number of pyridine rings is 1. The first-order valence-electron chi connectivity index (χ1n) is 5.37. The number of hydrogen-bond donors (Lipinski definition) is 3. The minimum atomic E-state index is -0.843. The largest absolute Gasteiger partial charge is 0.337 e. The molecule has 0 unspecified atom stereocenters. The molecule has 19 heavy (non-hydrogen) atoms. The fraction of sp³-hybridized carbons (Fsp3) is 0.0833. The zero-order valence-corrected chi connectivity index (χ0v) is 12.1. The summed E-state index contributed by atoms with van der Waals surface area (Å²) in [5.74, 6) is 3.19. The van der Waals surface area contributed by atoms with Gasteiger partial charge in [0.15, 0.2) is 23.3 Å². The molecule has 100 valence electrons. The van der Waals surface area contributed by atoms with E-state index in [2.05, 4.69) is 38.3 Å². The molecular formula is C12H11F2IN4. The molecule has 0 spiro atoms. The second-order valence-electron chi connectivity index (χ2n) is 3.88. The Labute approximate surface area is 122 Å². The molecule has 7 heteroatoms. The lowest BCUT2D eigenvalue weighted by atomic mass is 10.2. The van der Waals surface area contributed by atoms with Crippen LogP contribution in [-0.2, 0) is 0 Å². The number of nitrogens with two attached hydrogens (primary N) is 1. The highest BCUT2D eigenvalue weighted by Gasteiger charge is 2.12. The molecule has 4 N–H and O–H groups in total. The SMILES string of the molecule is Cc1ccc(I)cc1Nc1nc(NN)c(F)cc1F. The molecule has 0 saturated carbocycles. The molecule has 0 fully saturated rings. The molecule has 0 saturated heterocycles. The van der Waals surface area contributed by atoms with Crippen LogP contribution in [-0.4, -0.2) is 4.98 Å². The summed E-state index contributed by atoms with van der Waals surface area (Å²) in [4.78, 5) is 3.76. The molecule has 1 aromatic carbocycles. The molecule has 0 bridgehead atoms. The van der Waals surface area contributed by atoms with Crippen LogP contribution < -0.4 is 16.6 Å². The van der Waals surface area contributed by atoms with Crippen LogP contribution in [0.25, 0.3) is 0 Å². The number of rotatable bonds is 3. The Hall–Kier alpha value is -1.48. The molecule has 0 aliphatic heterocycles. The molecule has 2 rings (SSSR count). The van der Waals surface area contributed by atoms with Crippen LogP contribution in [0.1, 0.15) is 5.56 Å². The van der Waals surface area contributed by atoms with Crippen molar-refractivity contribution in [1.82, 2.24) is 4.98 Å². The topological polar surface area (TPSA) is 63.0 Å². The fourth-order valence-electron chi connectivity index (χ4n) is 1.51. The van der Waals surface area contributed by atoms with Crippen LogP contribution in [0.15, 0.2) is 24.3 Å². The summed E-state index contributed by atoms with van der Waals surface area (Å²) in [5, 5.41) is 2.83. The maximum Gasteiger partial charge on any atom is 0.178 e. The monoisotopic (exact) mass is 376 g/mol. The summed E-state index contributed by atoms with van der Waals surface area (Å²) in [6.45, 7) is 1.88. The van der Waals surface area contributed by atoms with Crippen molar-refractivity contribution >= 4 is 39.9 Å². The van der Waals surface area contributed by atoms with Crippen LogP contribution in [0.4, 0.5) is 26.1 Å². The minimum Gasteiger partial charge on any atom is -0.337 e. The van der Waals surface area contributed by atoms with Crippen molar-refractivity contribution < 1.29 is 8.78 Å². The first-order chi connectivity index (χ1) is 9.01. The van der Waals surface area contributed by atoms with E-state index in [0.29, 0.717) is 5.69 Å². The third-order valence-corrected chi connectivity index (χ3v) is 3.19. The van der Waals surface area contributed by atoms with Crippen LogP contribution >= 0.6 is 22.6 Å². The molecule has 1 aromatic heterocycles. The second kappa shape index (κ2) is 5.66. The third-order valence-electron chi connectivity index (χ3n) is 2.52. The van der Waals surface area contributed by atoms with Crippen LogP contribution in [0.2, 0.25) is 0 Å². The zero-order valence-electron chi connectivity index (χ0n) is 9.97. The Morgan fingerprint density at radius 2 is 1.84 bits per heavy atom. The Morgan fingerprint density at radius 1 is 1.16 bits per heavy atom. The summed E-state index contributed by atoms with van der Waals surface area (Å²) < 4.78 is 27.9. The van der Waals surface area contributed by atoms with Gasteiger partial charge < -0.3 is 10.7 Å². The van der Waals surface area contributed by atoms with Gasteiger partial charge in [-0.2, -0.15) is 0 Å². The van der Waals surface area contributed by atoms with E-state index < -0.39 is 11.6 Å². The normalized spacial score (nSPS) is 10.4. The van der Waals surface area contributed by atoms with Gasteiger partial charge in [-0.15, -0.1) is 0 Å². The highest BCUT2D eigenvalue weighted by molar-refractivity contribution is 14.1. The lowest BCUT2D eigenvalue weighted by Gasteiger charge is -2.11. The summed E-state index contributed by atoms with van der Waals surface area (Å²) in [6, 6.07) is 6.40. The number of nitrogens with one attached hydrogen (secondary N) is 2. The highest BCUT2D eigenvalue weighted by Crippen LogP contribution is 2.25. The molecule has 0 radical (unpaired) electrons. The van der Waals surface area contributed by atoms with Gasteiger partial charge in [-0.05, 0) is 47.2 Å². The average molecular weight is 376 g/mol. The third kappa shape index (κ3) is 3.10. The predicted octanol–water partition coefficient (Wildman–Crippen LogP) is 3.30. The van der Waals surface area contributed by atoms with E-state index in [1.807, 2.05) is 25.1 Å². The molecule has 0 aliphatic rings. The van der Waals surface area contributed by atoms with E-state index in [-0.39, 0.29) is 11.6 Å². The maximum atomic E-state index is 13.6. The molecular weight excluding hydrogens is 365 g/mol. The Bertz CT molecular complexity index is 619. The number of benzene rings is 1. The first kappa shape index (κ1) is 13.9.